The normalized spacial score (nSPS) is 19.4. The molecule has 2 aromatic rings. The van der Waals surface area contributed by atoms with Crippen molar-refractivity contribution in [2.75, 3.05) is 20.2 Å². The van der Waals surface area contributed by atoms with Gasteiger partial charge in [-0.25, -0.2) is 0 Å². The number of aromatic nitrogens is 1. The number of hydrogen-bond donors (Lipinski definition) is 1. The zero-order valence-corrected chi connectivity index (χ0v) is 10.4. The molecular weight excluding hydrogens is 212 g/mol. The Kier molecular flexibility index (Phi) is 2.45. The number of aromatic amines is 1. The number of methoxy groups -OCH3 is 1. The quantitative estimate of drug-likeness (QED) is 0.877. The summed E-state index contributed by atoms with van der Waals surface area (Å²) in [5.74, 6) is 0. The van der Waals surface area contributed by atoms with Crippen LogP contribution in [0.3, 0.4) is 0 Å². The number of fused-ring (bicyclic) bond motifs is 1. The molecular formula is C14H18N2O. The molecule has 3 nitrogen and oxygen atoms in total. The largest absolute Gasteiger partial charge is 0.376 e. The Morgan fingerprint density at radius 3 is 2.82 bits per heavy atom. The van der Waals surface area contributed by atoms with Crippen molar-refractivity contribution in [1.29, 1.82) is 0 Å². The summed E-state index contributed by atoms with van der Waals surface area (Å²) in [5.41, 5.74) is 2.56. The van der Waals surface area contributed by atoms with Gasteiger partial charge in [-0.15, -0.1) is 0 Å². The number of benzene rings is 1. The van der Waals surface area contributed by atoms with E-state index in [0.717, 1.165) is 19.6 Å². The number of H-pyrrole nitrogens is 1. The second-order valence-electron chi connectivity index (χ2n) is 5.18. The highest BCUT2D eigenvalue weighted by Crippen LogP contribution is 2.26. The molecule has 1 aliphatic heterocycles. The van der Waals surface area contributed by atoms with Crippen molar-refractivity contribution >= 4 is 10.9 Å². The van der Waals surface area contributed by atoms with Crippen LogP contribution in [0.25, 0.3) is 10.9 Å². The highest BCUT2D eigenvalue weighted by molar-refractivity contribution is 5.80. The summed E-state index contributed by atoms with van der Waals surface area (Å²) in [5, 5.41) is 1.29. The number of hydrogen-bond acceptors (Lipinski definition) is 2. The van der Waals surface area contributed by atoms with Gasteiger partial charge in [-0.1, -0.05) is 18.2 Å². The second-order valence-corrected chi connectivity index (χ2v) is 5.18. The van der Waals surface area contributed by atoms with Crippen LogP contribution in [0.4, 0.5) is 0 Å². The number of para-hydroxylation sites is 1. The van der Waals surface area contributed by atoms with Crippen LogP contribution >= 0.6 is 0 Å². The Balaban J connectivity index is 1.70. The SMILES string of the molecule is COC1(C)CN(Cc2cc3ccccc3[nH]2)C1. The molecule has 3 rings (SSSR count). The van der Waals surface area contributed by atoms with Gasteiger partial charge in [0.25, 0.3) is 0 Å². The maximum Gasteiger partial charge on any atom is 0.0903 e. The molecule has 0 spiro atoms. The van der Waals surface area contributed by atoms with Gasteiger partial charge >= 0.3 is 0 Å². The van der Waals surface area contributed by atoms with Gasteiger partial charge in [0.2, 0.25) is 0 Å². The molecule has 3 heteroatoms. The Morgan fingerprint density at radius 1 is 1.35 bits per heavy atom. The monoisotopic (exact) mass is 230 g/mol. The van der Waals surface area contributed by atoms with Crippen LogP contribution in [0.2, 0.25) is 0 Å². The van der Waals surface area contributed by atoms with E-state index in [1.165, 1.54) is 16.6 Å². The van der Waals surface area contributed by atoms with Crippen molar-refractivity contribution in [1.82, 2.24) is 9.88 Å². The average Bonchev–Trinajstić information content (AvgIpc) is 2.69. The molecule has 0 bridgehead atoms. The van der Waals surface area contributed by atoms with Crippen LogP contribution in [-0.4, -0.2) is 35.7 Å². The highest BCUT2D eigenvalue weighted by atomic mass is 16.5. The molecule has 0 radical (unpaired) electrons. The van der Waals surface area contributed by atoms with E-state index in [-0.39, 0.29) is 5.60 Å². The first kappa shape index (κ1) is 10.8. The number of likely N-dealkylation sites (tertiary alicyclic amines) is 1. The first-order chi connectivity index (χ1) is 8.18. The van der Waals surface area contributed by atoms with Gasteiger partial charge in [-0.05, 0) is 24.4 Å². The third-order valence-corrected chi connectivity index (χ3v) is 3.59. The molecule has 17 heavy (non-hydrogen) atoms. The lowest BCUT2D eigenvalue weighted by Crippen LogP contribution is -2.60. The van der Waals surface area contributed by atoms with E-state index in [1.807, 2.05) is 0 Å². The summed E-state index contributed by atoms with van der Waals surface area (Å²) in [4.78, 5) is 5.85. The molecule has 1 saturated heterocycles. The highest BCUT2D eigenvalue weighted by Gasteiger charge is 2.38. The van der Waals surface area contributed by atoms with E-state index in [9.17, 15) is 0 Å². The molecule has 1 fully saturated rings. The summed E-state index contributed by atoms with van der Waals surface area (Å²) in [6.45, 7) is 5.17. The van der Waals surface area contributed by atoms with Gasteiger partial charge in [0.15, 0.2) is 0 Å². The average molecular weight is 230 g/mol. The van der Waals surface area contributed by atoms with Crippen molar-refractivity contribution < 1.29 is 4.74 Å². The van der Waals surface area contributed by atoms with Gasteiger partial charge in [-0.2, -0.15) is 0 Å². The predicted molar refractivity (Wildman–Crippen MR) is 69.0 cm³/mol. The summed E-state index contributed by atoms with van der Waals surface area (Å²) in [7, 11) is 1.79. The third kappa shape index (κ3) is 1.96. The van der Waals surface area contributed by atoms with Gasteiger partial charge < -0.3 is 9.72 Å². The van der Waals surface area contributed by atoms with Crippen LogP contribution in [0.1, 0.15) is 12.6 Å². The standard InChI is InChI=1S/C14H18N2O/c1-14(17-2)9-16(10-14)8-12-7-11-5-3-4-6-13(11)15-12/h3-7,15H,8-10H2,1-2H3. The minimum Gasteiger partial charge on any atom is -0.376 e. The molecule has 2 heterocycles. The molecule has 0 atom stereocenters. The van der Waals surface area contributed by atoms with Crippen molar-refractivity contribution in [3.8, 4) is 0 Å². The molecule has 1 N–H and O–H groups in total. The lowest BCUT2D eigenvalue weighted by molar-refractivity contribution is -0.114. The van der Waals surface area contributed by atoms with E-state index < -0.39 is 0 Å². The van der Waals surface area contributed by atoms with E-state index in [2.05, 4.69) is 47.1 Å². The lowest BCUT2D eigenvalue weighted by Gasteiger charge is -2.46. The molecule has 0 unspecified atom stereocenters. The molecule has 0 saturated carbocycles. The molecule has 1 aromatic heterocycles. The maximum absolute atomic E-state index is 5.45. The fourth-order valence-corrected chi connectivity index (χ4v) is 2.60. The minimum atomic E-state index is 0.0615. The van der Waals surface area contributed by atoms with Crippen molar-refractivity contribution in [3.05, 3.63) is 36.0 Å². The number of nitrogens with zero attached hydrogens (tertiary/aromatic N) is 1. The van der Waals surface area contributed by atoms with Crippen LogP contribution in [0.15, 0.2) is 30.3 Å². The first-order valence-corrected chi connectivity index (χ1v) is 6.03. The maximum atomic E-state index is 5.45. The topological polar surface area (TPSA) is 28.3 Å². The van der Waals surface area contributed by atoms with Gasteiger partial charge in [0, 0.05) is 38.0 Å². The fraction of sp³-hybridized carbons (Fsp3) is 0.429. The van der Waals surface area contributed by atoms with E-state index >= 15 is 0 Å². The molecule has 1 aliphatic rings. The molecule has 90 valence electrons. The number of ether oxygens (including phenoxy) is 1. The molecule has 0 amide bonds. The third-order valence-electron chi connectivity index (χ3n) is 3.59. The zero-order chi connectivity index (χ0) is 11.9. The lowest BCUT2D eigenvalue weighted by atomic mass is 9.96. The summed E-state index contributed by atoms with van der Waals surface area (Å²) in [6.07, 6.45) is 0. The van der Waals surface area contributed by atoms with Crippen LogP contribution in [-0.2, 0) is 11.3 Å². The minimum absolute atomic E-state index is 0.0615. The summed E-state index contributed by atoms with van der Waals surface area (Å²) >= 11 is 0. The van der Waals surface area contributed by atoms with Crippen LogP contribution in [0, 0.1) is 0 Å². The Morgan fingerprint density at radius 2 is 2.12 bits per heavy atom. The Bertz CT molecular complexity index is 493. The van der Waals surface area contributed by atoms with E-state index in [4.69, 9.17) is 4.74 Å². The smallest absolute Gasteiger partial charge is 0.0903 e. The van der Waals surface area contributed by atoms with Gasteiger partial charge in [0.1, 0.15) is 0 Å². The Hall–Kier alpha value is -1.32. The van der Waals surface area contributed by atoms with E-state index in [0.29, 0.717) is 0 Å². The number of rotatable bonds is 3. The fourth-order valence-electron chi connectivity index (χ4n) is 2.60. The summed E-state index contributed by atoms with van der Waals surface area (Å²) in [6, 6.07) is 10.6. The van der Waals surface area contributed by atoms with Crippen molar-refractivity contribution in [2.24, 2.45) is 0 Å². The predicted octanol–water partition coefficient (Wildman–Crippen LogP) is 2.39. The number of nitrogens with one attached hydrogen (secondary N) is 1. The van der Waals surface area contributed by atoms with Crippen molar-refractivity contribution in [3.63, 3.8) is 0 Å². The van der Waals surface area contributed by atoms with Crippen molar-refractivity contribution in [2.45, 2.75) is 19.1 Å². The molecule has 0 aliphatic carbocycles. The molecule has 1 aromatic carbocycles. The van der Waals surface area contributed by atoms with Gasteiger partial charge in [0.05, 0.1) is 5.60 Å². The van der Waals surface area contributed by atoms with Crippen LogP contribution in [0.5, 0.6) is 0 Å². The zero-order valence-electron chi connectivity index (χ0n) is 10.4. The second kappa shape index (κ2) is 3.86. The van der Waals surface area contributed by atoms with E-state index in [1.54, 1.807) is 7.11 Å². The summed E-state index contributed by atoms with van der Waals surface area (Å²) < 4.78 is 5.45. The van der Waals surface area contributed by atoms with Crippen LogP contribution < -0.4 is 0 Å². The Labute approximate surface area is 101 Å². The first-order valence-electron chi connectivity index (χ1n) is 6.03. The van der Waals surface area contributed by atoms with Gasteiger partial charge in [-0.3, -0.25) is 4.90 Å².